The third-order valence-electron chi connectivity index (χ3n) is 5.83. The third kappa shape index (κ3) is 4.51. The first-order valence-electron chi connectivity index (χ1n) is 11.8. The lowest BCUT2D eigenvalue weighted by atomic mass is 10.1. The Balaban J connectivity index is 1.44. The molecule has 186 valence electrons. The zero-order valence-electron chi connectivity index (χ0n) is 20.0. The molecule has 0 saturated carbocycles. The molecule has 38 heavy (non-hydrogen) atoms. The number of fused-ring (bicyclic) bond motifs is 1. The number of thiazole rings is 1. The van der Waals surface area contributed by atoms with Crippen LogP contribution >= 0.6 is 11.3 Å². The summed E-state index contributed by atoms with van der Waals surface area (Å²) in [6, 6.07) is 23.2. The average Bonchev–Trinajstić information content (AvgIpc) is 3.64. The second-order valence-electron chi connectivity index (χ2n) is 8.39. The standard InChI is InChI=1S/C29H20FN5O2S/c1-2-16-37-24-14-10-19(11-15-24)26-21(18-34(32-26)23-6-4-3-5-7-23)17-25-28(36)35-29(38-25)31-27(33-35)20-8-12-22(30)13-9-20/h2-15,17-18H,1,16H2. The van der Waals surface area contributed by atoms with Gasteiger partial charge in [0.25, 0.3) is 5.56 Å². The van der Waals surface area contributed by atoms with Gasteiger partial charge in [-0.1, -0.05) is 42.2 Å². The van der Waals surface area contributed by atoms with E-state index in [9.17, 15) is 9.18 Å². The molecule has 6 rings (SSSR count). The molecule has 9 heteroatoms. The zero-order chi connectivity index (χ0) is 26.1. The molecule has 0 bridgehead atoms. The monoisotopic (exact) mass is 521 g/mol. The Morgan fingerprint density at radius 2 is 1.68 bits per heavy atom. The second kappa shape index (κ2) is 9.87. The average molecular weight is 522 g/mol. The van der Waals surface area contributed by atoms with E-state index >= 15 is 0 Å². The maximum atomic E-state index is 13.3. The van der Waals surface area contributed by atoms with Crippen LogP contribution in [0.4, 0.5) is 4.39 Å². The van der Waals surface area contributed by atoms with Crippen molar-refractivity contribution in [3.8, 4) is 34.1 Å². The first kappa shape index (κ1) is 23.5. The Morgan fingerprint density at radius 1 is 0.947 bits per heavy atom. The Hall–Kier alpha value is -4.89. The molecule has 0 atom stereocenters. The van der Waals surface area contributed by atoms with Crippen molar-refractivity contribution in [2.75, 3.05) is 6.61 Å². The molecule has 0 N–H and O–H groups in total. The lowest BCUT2D eigenvalue weighted by Gasteiger charge is -2.04. The fourth-order valence-corrected chi connectivity index (χ4v) is 4.89. The molecule has 0 saturated heterocycles. The molecule has 3 heterocycles. The summed E-state index contributed by atoms with van der Waals surface area (Å²) in [6.07, 6.45) is 5.40. The number of ether oxygens (including phenoxy) is 1. The van der Waals surface area contributed by atoms with E-state index in [4.69, 9.17) is 9.84 Å². The Labute approximate surface area is 220 Å². The first-order chi connectivity index (χ1) is 18.6. The topological polar surface area (TPSA) is 74.3 Å². The van der Waals surface area contributed by atoms with E-state index in [1.54, 1.807) is 22.9 Å². The van der Waals surface area contributed by atoms with Gasteiger partial charge in [-0.3, -0.25) is 4.79 Å². The molecule has 0 radical (unpaired) electrons. The van der Waals surface area contributed by atoms with E-state index in [1.807, 2.05) is 66.9 Å². The van der Waals surface area contributed by atoms with Crippen molar-refractivity contribution >= 4 is 22.4 Å². The van der Waals surface area contributed by atoms with Crippen molar-refractivity contribution in [1.82, 2.24) is 24.4 Å². The minimum atomic E-state index is -0.345. The molecule has 0 spiro atoms. The van der Waals surface area contributed by atoms with Crippen molar-refractivity contribution in [2.24, 2.45) is 0 Å². The molecule has 0 unspecified atom stereocenters. The van der Waals surface area contributed by atoms with E-state index in [0.29, 0.717) is 27.5 Å². The number of hydrogen-bond donors (Lipinski definition) is 0. The van der Waals surface area contributed by atoms with Gasteiger partial charge in [-0.25, -0.2) is 9.07 Å². The Bertz CT molecular complexity index is 1860. The summed E-state index contributed by atoms with van der Waals surface area (Å²) in [5, 5.41) is 9.19. The smallest absolute Gasteiger partial charge is 0.291 e. The highest BCUT2D eigenvalue weighted by molar-refractivity contribution is 7.15. The van der Waals surface area contributed by atoms with Crippen LogP contribution in [-0.4, -0.2) is 31.0 Å². The number of halogens is 1. The third-order valence-corrected chi connectivity index (χ3v) is 6.79. The predicted octanol–water partition coefficient (Wildman–Crippen LogP) is 4.92. The molecular formula is C29H20FN5O2S. The van der Waals surface area contributed by atoms with E-state index < -0.39 is 0 Å². The van der Waals surface area contributed by atoms with Gasteiger partial charge in [0.1, 0.15) is 23.9 Å². The van der Waals surface area contributed by atoms with Crippen LogP contribution in [0.3, 0.4) is 0 Å². The summed E-state index contributed by atoms with van der Waals surface area (Å²) in [5.74, 6) is 0.754. The van der Waals surface area contributed by atoms with E-state index in [2.05, 4.69) is 16.7 Å². The van der Waals surface area contributed by atoms with Crippen LogP contribution in [0.5, 0.6) is 5.75 Å². The van der Waals surface area contributed by atoms with Crippen molar-refractivity contribution in [2.45, 2.75) is 0 Å². The van der Waals surface area contributed by atoms with Gasteiger partial charge in [-0.2, -0.15) is 14.6 Å². The molecule has 0 amide bonds. The van der Waals surface area contributed by atoms with E-state index in [1.165, 1.54) is 28.0 Å². The summed E-state index contributed by atoms with van der Waals surface area (Å²) in [5.41, 5.74) is 3.62. The Morgan fingerprint density at radius 3 is 2.39 bits per heavy atom. The fourth-order valence-electron chi connectivity index (χ4n) is 3.99. The minimum Gasteiger partial charge on any atom is -0.490 e. The van der Waals surface area contributed by atoms with Gasteiger partial charge < -0.3 is 4.74 Å². The molecular weight excluding hydrogens is 501 g/mol. The highest BCUT2D eigenvalue weighted by Crippen LogP contribution is 2.27. The number of hydrogen-bond acceptors (Lipinski definition) is 6. The van der Waals surface area contributed by atoms with Crippen LogP contribution in [0, 0.1) is 5.82 Å². The SMILES string of the molecule is C=CCOc1ccc(-c2nn(-c3ccccc3)cc2C=c2sc3nc(-c4ccc(F)cc4)nn3c2=O)cc1. The van der Waals surface area contributed by atoms with Gasteiger partial charge >= 0.3 is 0 Å². The maximum Gasteiger partial charge on any atom is 0.291 e. The zero-order valence-corrected chi connectivity index (χ0v) is 20.8. The lowest BCUT2D eigenvalue weighted by molar-refractivity contribution is 0.363. The number of benzene rings is 3. The van der Waals surface area contributed by atoms with Crippen LogP contribution < -0.4 is 14.8 Å². The summed E-state index contributed by atoms with van der Waals surface area (Å²) < 4.78 is 22.4. The normalized spacial score (nSPS) is 11.8. The maximum absolute atomic E-state index is 13.3. The second-order valence-corrected chi connectivity index (χ2v) is 9.40. The van der Waals surface area contributed by atoms with Crippen LogP contribution in [0.25, 0.3) is 39.4 Å². The fraction of sp³-hybridized carbons (Fsp3) is 0.0345. The van der Waals surface area contributed by atoms with Crippen molar-refractivity contribution < 1.29 is 9.13 Å². The van der Waals surface area contributed by atoms with Crippen LogP contribution in [0.2, 0.25) is 0 Å². The molecule has 3 aromatic heterocycles. The van der Waals surface area contributed by atoms with Gasteiger partial charge in [0, 0.05) is 22.9 Å². The van der Waals surface area contributed by atoms with Crippen LogP contribution in [0.15, 0.2) is 103 Å². The first-order valence-corrected chi connectivity index (χ1v) is 12.6. The number of para-hydroxylation sites is 1. The number of aromatic nitrogens is 5. The van der Waals surface area contributed by atoms with E-state index in [0.717, 1.165) is 28.3 Å². The summed E-state index contributed by atoms with van der Waals surface area (Å²) in [7, 11) is 0. The molecule has 0 aliphatic heterocycles. The van der Waals surface area contributed by atoms with Gasteiger partial charge in [-0.05, 0) is 66.7 Å². The van der Waals surface area contributed by atoms with Gasteiger partial charge in [-0.15, -0.1) is 5.10 Å². The molecule has 6 aromatic rings. The van der Waals surface area contributed by atoms with Crippen molar-refractivity contribution in [1.29, 1.82) is 0 Å². The highest BCUT2D eigenvalue weighted by Gasteiger charge is 2.15. The van der Waals surface area contributed by atoms with E-state index in [-0.39, 0.29) is 11.4 Å². The molecule has 7 nitrogen and oxygen atoms in total. The van der Waals surface area contributed by atoms with Crippen molar-refractivity contribution in [3.05, 3.63) is 124 Å². The van der Waals surface area contributed by atoms with Gasteiger partial charge in [0.2, 0.25) is 4.96 Å². The lowest BCUT2D eigenvalue weighted by Crippen LogP contribution is -2.23. The minimum absolute atomic E-state index is 0.280. The highest BCUT2D eigenvalue weighted by atomic mass is 32.1. The molecule has 0 aliphatic rings. The summed E-state index contributed by atoms with van der Waals surface area (Å²) in [4.78, 5) is 18.2. The quantitative estimate of drug-likeness (QED) is 0.279. The van der Waals surface area contributed by atoms with Gasteiger partial charge in [0.15, 0.2) is 5.82 Å². The Kier molecular flexibility index (Phi) is 6.11. The number of nitrogens with zero attached hydrogens (tertiary/aromatic N) is 5. The van der Waals surface area contributed by atoms with Crippen LogP contribution in [0.1, 0.15) is 5.56 Å². The molecule has 0 fully saturated rings. The summed E-state index contributed by atoms with van der Waals surface area (Å²) in [6.45, 7) is 4.10. The summed E-state index contributed by atoms with van der Waals surface area (Å²) >= 11 is 1.24. The van der Waals surface area contributed by atoms with Crippen molar-refractivity contribution in [3.63, 3.8) is 0 Å². The largest absolute Gasteiger partial charge is 0.490 e. The molecule has 0 aliphatic carbocycles. The predicted molar refractivity (Wildman–Crippen MR) is 146 cm³/mol. The molecule has 3 aromatic carbocycles. The number of rotatable bonds is 7. The van der Waals surface area contributed by atoms with Gasteiger partial charge in [0.05, 0.1) is 10.2 Å². The van der Waals surface area contributed by atoms with Crippen LogP contribution in [-0.2, 0) is 0 Å².